The van der Waals surface area contributed by atoms with Crippen LogP contribution in [0.15, 0.2) is 18.2 Å². The zero-order valence-corrected chi connectivity index (χ0v) is 10.3. The first-order valence-corrected chi connectivity index (χ1v) is 5.91. The molecular weight excluding hydrogens is 200 g/mol. The van der Waals surface area contributed by atoms with Crippen molar-refractivity contribution in [1.82, 2.24) is 0 Å². The molecule has 3 nitrogen and oxygen atoms in total. The summed E-state index contributed by atoms with van der Waals surface area (Å²) in [5, 5.41) is 3.46. The Morgan fingerprint density at radius 1 is 1.38 bits per heavy atom. The van der Waals surface area contributed by atoms with Crippen LogP contribution in [-0.4, -0.2) is 26.2 Å². The topological polar surface area (TPSA) is 24.5 Å². The van der Waals surface area contributed by atoms with Crippen LogP contribution in [0.5, 0.6) is 5.75 Å². The predicted octanol–water partition coefficient (Wildman–Crippen LogP) is 2.73. The third kappa shape index (κ3) is 1.94. The summed E-state index contributed by atoms with van der Waals surface area (Å²) in [6.07, 6.45) is 1.16. The van der Waals surface area contributed by atoms with Crippen LogP contribution < -0.4 is 15.0 Å². The molecule has 0 bridgehead atoms. The van der Waals surface area contributed by atoms with E-state index in [1.807, 2.05) is 6.07 Å². The van der Waals surface area contributed by atoms with Gasteiger partial charge < -0.3 is 15.0 Å². The number of nitrogens with one attached hydrogen (secondary N) is 1. The van der Waals surface area contributed by atoms with Crippen LogP contribution >= 0.6 is 0 Å². The Labute approximate surface area is 97.4 Å². The summed E-state index contributed by atoms with van der Waals surface area (Å²) in [4.78, 5) is 2.43. The normalized spacial score (nSPS) is 15.4. The second-order valence-electron chi connectivity index (χ2n) is 4.42. The lowest BCUT2D eigenvalue weighted by atomic mass is 10.2. The maximum absolute atomic E-state index is 5.41. The standard InChI is InChI=1S/C13H20N2O/c1-10(2)15-9-5-8-14-13-11(15)6-4-7-12(13)16-3/h4,6-7,10,14H,5,8-9H2,1-3H3. The van der Waals surface area contributed by atoms with E-state index in [1.165, 1.54) is 5.69 Å². The van der Waals surface area contributed by atoms with E-state index in [4.69, 9.17) is 4.74 Å². The van der Waals surface area contributed by atoms with Crippen molar-refractivity contribution in [3.8, 4) is 5.75 Å². The van der Waals surface area contributed by atoms with Gasteiger partial charge in [-0.15, -0.1) is 0 Å². The van der Waals surface area contributed by atoms with Gasteiger partial charge in [-0.25, -0.2) is 0 Å². The van der Waals surface area contributed by atoms with Gasteiger partial charge >= 0.3 is 0 Å². The number of hydrogen-bond donors (Lipinski definition) is 1. The van der Waals surface area contributed by atoms with Gasteiger partial charge in [0.05, 0.1) is 12.8 Å². The quantitative estimate of drug-likeness (QED) is 0.829. The number of methoxy groups -OCH3 is 1. The van der Waals surface area contributed by atoms with Gasteiger partial charge in [-0.2, -0.15) is 0 Å². The minimum atomic E-state index is 0.519. The molecule has 2 rings (SSSR count). The van der Waals surface area contributed by atoms with Gasteiger partial charge in [0.15, 0.2) is 0 Å². The molecule has 1 N–H and O–H groups in total. The summed E-state index contributed by atoms with van der Waals surface area (Å²) < 4.78 is 5.41. The molecule has 0 amide bonds. The minimum absolute atomic E-state index is 0.519. The summed E-state index contributed by atoms with van der Waals surface area (Å²) in [6, 6.07) is 6.75. The first-order valence-electron chi connectivity index (χ1n) is 5.91. The van der Waals surface area contributed by atoms with Crippen molar-refractivity contribution in [2.45, 2.75) is 26.3 Å². The summed E-state index contributed by atoms with van der Waals surface area (Å²) in [7, 11) is 1.72. The van der Waals surface area contributed by atoms with Crippen LogP contribution in [0.2, 0.25) is 0 Å². The molecule has 0 unspecified atom stereocenters. The van der Waals surface area contributed by atoms with Crippen molar-refractivity contribution in [1.29, 1.82) is 0 Å². The average molecular weight is 220 g/mol. The number of ether oxygens (including phenoxy) is 1. The second-order valence-corrected chi connectivity index (χ2v) is 4.42. The van der Waals surface area contributed by atoms with E-state index in [0.29, 0.717) is 6.04 Å². The van der Waals surface area contributed by atoms with Crippen molar-refractivity contribution >= 4 is 11.4 Å². The van der Waals surface area contributed by atoms with E-state index in [1.54, 1.807) is 7.11 Å². The number of para-hydroxylation sites is 1. The van der Waals surface area contributed by atoms with Gasteiger partial charge in [0, 0.05) is 19.1 Å². The number of hydrogen-bond acceptors (Lipinski definition) is 3. The van der Waals surface area contributed by atoms with Crippen molar-refractivity contribution in [2.24, 2.45) is 0 Å². The first-order chi connectivity index (χ1) is 7.74. The highest BCUT2D eigenvalue weighted by atomic mass is 16.5. The molecule has 0 saturated carbocycles. The Morgan fingerprint density at radius 2 is 2.19 bits per heavy atom. The Kier molecular flexibility index (Phi) is 3.22. The van der Waals surface area contributed by atoms with Crippen molar-refractivity contribution < 1.29 is 4.74 Å². The monoisotopic (exact) mass is 220 g/mol. The fourth-order valence-electron chi connectivity index (χ4n) is 2.23. The Morgan fingerprint density at radius 3 is 2.88 bits per heavy atom. The lowest BCUT2D eigenvalue weighted by molar-refractivity contribution is 0.416. The van der Waals surface area contributed by atoms with Crippen LogP contribution in [0.4, 0.5) is 11.4 Å². The molecule has 1 heterocycles. The first kappa shape index (κ1) is 11.1. The molecule has 1 aromatic rings. The van der Waals surface area contributed by atoms with Gasteiger partial charge in [0.1, 0.15) is 11.4 Å². The van der Waals surface area contributed by atoms with Crippen LogP contribution in [0.1, 0.15) is 20.3 Å². The third-order valence-corrected chi connectivity index (χ3v) is 3.03. The largest absolute Gasteiger partial charge is 0.495 e. The molecule has 16 heavy (non-hydrogen) atoms. The fraction of sp³-hybridized carbons (Fsp3) is 0.538. The molecule has 3 heteroatoms. The molecule has 0 fully saturated rings. The lowest BCUT2D eigenvalue weighted by Gasteiger charge is -2.29. The summed E-state index contributed by atoms with van der Waals surface area (Å²) >= 11 is 0. The summed E-state index contributed by atoms with van der Waals surface area (Å²) in [6.45, 7) is 6.57. The van der Waals surface area contributed by atoms with E-state index in [9.17, 15) is 0 Å². The highest BCUT2D eigenvalue weighted by Crippen LogP contribution is 2.37. The highest BCUT2D eigenvalue weighted by molar-refractivity contribution is 5.77. The van der Waals surface area contributed by atoms with Crippen molar-refractivity contribution in [3.05, 3.63) is 18.2 Å². The fourth-order valence-corrected chi connectivity index (χ4v) is 2.23. The van der Waals surface area contributed by atoms with Gasteiger partial charge in [0.2, 0.25) is 0 Å². The molecule has 0 saturated heterocycles. The molecule has 1 aliphatic heterocycles. The number of rotatable bonds is 2. The molecule has 0 atom stereocenters. The van der Waals surface area contributed by atoms with E-state index in [-0.39, 0.29) is 0 Å². The zero-order valence-electron chi connectivity index (χ0n) is 10.3. The predicted molar refractivity (Wildman–Crippen MR) is 68.6 cm³/mol. The molecule has 0 radical (unpaired) electrons. The molecule has 0 spiro atoms. The Bertz CT molecular complexity index is 363. The second kappa shape index (κ2) is 4.64. The van der Waals surface area contributed by atoms with E-state index < -0.39 is 0 Å². The van der Waals surface area contributed by atoms with Gasteiger partial charge in [-0.3, -0.25) is 0 Å². The lowest BCUT2D eigenvalue weighted by Crippen LogP contribution is -2.31. The molecule has 0 aromatic heterocycles. The van der Waals surface area contributed by atoms with Crippen molar-refractivity contribution in [2.75, 3.05) is 30.4 Å². The minimum Gasteiger partial charge on any atom is -0.495 e. The van der Waals surface area contributed by atoms with E-state index in [0.717, 1.165) is 30.9 Å². The molecule has 0 aliphatic carbocycles. The SMILES string of the molecule is COc1cccc2c1NCCCN2C(C)C. The van der Waals surface area contributed by atoms with E-state index in [2.05, 4.69) is 36.2 Å². The molecule has 88 valence electrons. The number of benzene rings is 1. The number of nitrogens with zero attached hydrogens (tertiary/aromatic N) is 1. The third-order valence-electron chi connectivity index (χ3n) is 3.03. The van der Waals surface area contributed by atoms with Gasteiger partial charge in [0.25, 0.3) is 0 Å². The van der Waals surface area contributed by atoms with Gasteiger partial charge in [-0.05, 0) is 32.4 Å². The summed E-state index contributed by atoms with van der Waals surface area (Å²) in [5.41, 5.74) is 2.39. The van der Waals surface area contributed by atoms with Gasteiger partial charge in [-0.1, -0.05) is 6.07 Å². The number of anilines is 2. The molecule has 1 aromatic carbocycles. The number of fused-ring (bicyclic) bond motifs is 1. The molecule has 1 aliphatic rings. The highest BCUT2D eigenvalue weighted by Gasteiger charge is 2.19. The maximum Gasteiger partial charge on any atom is 0.144 e. The van der Waals surface area contributed by atoms with Crippen molar-refractivity contribution in [3.63, 3.8) is 0 Å². The average Bonchev–Trinajstić information content (AvgIpc) is 2.50. The summed E-state index contributed by atoms with van der Waals surface area (Å²) in [5.74, 6) is 0.935. The smallest absolute Gasteiger partial charge is 0.144 e. The zero-order chi connectivity index (χ0) is 11.5. The van der Waals surface area contributed by atoms with E-state index >= 15 is 0 Å². The Hall–Kier alpha value is -1.38. The van der Waals surface area contributed by atoms with Crippen LogP contribution in [0, 0.1) is 0 Å². The van der Waals surface area contributed by atoms with Crippen LogP contribution in [0.25, 0.3) is 0 Å². The molecular formula is C13H20N2O. The Balaban J connectivity index is 2.45. The van der Waals surface area contributed by atoms with Crippen LogP contribution in [-0.2, 0) is 0 Å². The van der Waals surface area contributed by atoms with Crippen LogP contribution in [0.3, 0.4) is 0 Å². The maximum atomic E-state index is 5.41.